The molecule has 0 aliphatic carbocycles. The molecule has 1 atom stereocenters. The van der Waals surface area contributed by atoms with Crippen molar-refractivity contribution in [2.24, 2.45) is 0 Å². The zero-order chi connectivity index (χ0) is 21.3. The van der Waals surface area contributed by atoms with E-state index in [2.05, 4.69) is 0 Å². The molecular formula is C24H25NO5. The van der Waals surface area contributed by atoms with Gasteiger partial charge in [0.1, 0.15) is 23.7 Å². The number of carbonyl (C=O) groups excluding carboxylic acids is 1. The van der Waals surface area contributed by atoms with Crippen LogP contribution in [0.1, 0.15) is 41.2 Å². The summed E-state index contributed by atoms with van der Waals surface area (Å²) in [4.78, 5) is 27.1. The number of benzene rings is 2. The number of likely N-dealkylation sites (tertiary alicyclic amines) is 1. The molecule has 2 heterocycles. The predicted molar refractivity (Wildman–Crippen MR) is 114 cm³/mol. The lowest BCUT2D eigenvalue weighted by Crippen LogP contribution is -2.39. The van der Waals surface area contributed by atoms with Crippen LogP contribution in [0.3, 0.4) is 0 Å². The minimum atomic E-state index is -0.363. The minimum Gasteiger partial charge on any atom is -0.508 e. The summed E-state index contributed by atoms with van der Waals surface area (Å²) in [5, 5.41) is 10.5. The molecule has 30 heavy (non-hydrogen) atoms. The molecule has 156 valence electrons. The van der Waals surface area contributed by atoms with Crippen LogP contribution in [-0.2, 0) is 11.3 Å². The summed E-state index contributed by atoms with van der Waals surface area (Å²) in [7, 11) is 0. The molecule has 0 spiro atoms. The average molecular weight is 407 g/mol. The molecular weight excluding hydrogens is 382 g/mol. The smallest absolute Gasteiger partial charge is 0.410 e. The quantitative estimate of drug-likeness (QED) is 0.685. The molecule has 4 rings (SSSR count). The summed E-state index contributed by atoms with van der Waals surface area (Å²) in [6, 6.07) is 12.7. The highest BCUT2D eigenvalue weighted by Gasteiger charge is 2.29. The number of carbonyl (C=O) groups is 1. The number of hydrogen-bond acceptors (Lipinski definition) is 5. The zero-order valence-corrected chi connectivity index (χ0v) is 17.2. The summed E-state index contributed by atoms with van der Waals surface area (Å²) < 4.78 is 11.6. The molecule has 6 nitrogen and oxygen atoms in total. The van der Waals surface area contributed by atoms with Crippen molar-refractivity contribution in [1.29, 1.82) is 0 Å². The second-order valence-electron chi connectivity index (χ2n) is 7.83. The number of fused-ring (bicyclic) bond motifs is 1. The molecule has 1 fully saturated rings. The summed E-state index contributed by atoms with van der Waals surface area (Å²) in [6.07, 6.45) is 1.25. The first-order valence-corrected chi connectivity index (χ1v) is 10.2. The van der Waals surface area contributed by atoms with Crippen molar-refractivity contribution in [3.63, 3.8) is 0 Å². The Morgan fingerprint density at radius 2 is 1.93 bits per heavy atom. The van der Waals surface area contributed by atoms with Gasteiger partial charge in [-0.25, -0.2) is 4.79 Å². The molecule has 0 bridgehead atoms. The van der Waals surface area contributed by atoms with Crippen LogP contribution < -0.4 is 5.43 Å². The van der Waals surface area contributed by atoms with Gasteiger partial charge in [0.15, 0.2) is 5.43 Å². The second kappa shape index (κ2) is 8.22. The van der Waals surface area contributed by atoms with E-state index in [0.717, 1.165) is 18.4 Å². The first-order valence-electron chi connectivity index (χ1n) is 10.2. The van der Waals surface area contributed by atoms with E-state index in [1.165, 1.54) is 6.07 Å². The number of hydrogen-bond donors (Lipinski definition) is 1. The van der Waals surface area contributed by atoms with Crippen molar-refractivity contribution in [1.82, 2.24) is 4.90 Å². The fourth-order valence-corrected chi connectivity index (χ4v) is 4.05. The van der Waals surface area contributed by atoms with Crippen LogP contribution in [-0.4, -0.2) is 29.2 Å². The molecule has 0 radical (unpaired) electrons. The molecule has 1 N–H and O–H groups in total. The number of piperidine rings is 1. The fraction of sp³-hybridized carbons (Fsp3) is 0.333. The third-order valence-corrected chi connectivity index (χ3v) is 5.80. The maximum Gasteiger partial charge on any atom is 0.410 e. The Morgan fingerprint density at radius 1 is 1.17 bits per heavy atom. The molecule has 0 saturated carbocycles. The van der Waals surface area contributed by atoms with E-state index < -0.39 is 0 Å². The highest BCUT2D eigenvalue weighted by molar-refractivity contribution is 5.82. The van der Waals surface area contributed by atoms with E-state index in [4.69, 9.17) is 9.15 Å². The van der Waals surface area contributed by atoms with Crippen molar-refractivity contribution >= 4 is 17.1 Å². The standard InChI is InChI=1S/C24H25NO5/c1-15-20(26)11-10-19-21(27)16(2)22(30-23(15)19)18-9-6-12-25(13-18)24(28)29-14-17-7-4-3-5-8-17/h3-5,7-8,10-11,18,26H,6,9,12-14H2,1-2H3. The molecule has 1 aliphatic rings. The number of rotatable bonds is 3. The number of nitrogens with zero attached hydrogens (tertiary/aromatic N) is 1. The van der Waals surface area contributed by atoms with Gasteiger partial charge in [-0.1, -0.05) is 30.3 Å². The van der Waals surface area contributed by atoms with Gasteiger partial charge < -0.3 is 19.2 Å². The Balaban J connectivity index is 1.56. The van der Waals surface area contributed by atoms with Crippen molar-refractivity contribution in [3.05, 3.63) is 75.1 Å². The van der Waals surface area contributed by atoms with Gasteiger partial charge >= 0.3 is 6.09 Å². The molecule has 1 aromatic heterocycles. The topological polar surface area (TPSA) is 80.0 Å². The van der Waals surface area contributed by atoms with Crippen LogP contribution >= 0.6 is 0 Å². The Hall–Kier alpha value is -3.28. The van der Waals surface area contributed by atoms with E-state index in [-0.39, 0.29) is 29.8 Å². The van der Waals surface area contributed by atoms with Gasteiger partial charge in [-0.3, -0.25) is 4.79 Å². The van der Waals surface area contributed by atoms with Crippen LogP contribution in [0.2, 0.25) is 0 Å². The summed E-state index contributed by atoms with van der Waals surface area (Å²) in [5.74, 6) is 0.582. The van der Waals surface area contributed by atoms with Crippen molar-refractivity contribution in [2.45, 2.75) is 39.2 Å². The largest absolute Gasteiger partial charge is 0.508 e. The molecule has 1 amide bonds. The Morgan fingerprint density at radius 3 is 2.70 bits per heavy atom. The van der Waals surface area contributed by atoms with Gasteiger partial charge in [-0.2, -0.15) is 0 Å². The average Bonchev–Trinajstić information content (AvgIpc) is 2.78. The SMILES string of the molecule is Cc1c(C2CCCN(C(=O)OCc3ccccc3)C2)oc2c(C)c(O)ccc2c1=O. The van der Waals surface area contributed by atoms with Crippen molar-refractivity contribution in [2.75, 3.05) is 13.1 Å². The van der Waals surface area contributed by atoms with E-state index >= 15 is 0 Å². The van der Waals surface area contributed by atoms with Crippen LogP contribution in [0, 0.1) is 13.8 Å². The van der Waals surface area contributed by atoms with E-state index in [1.807, 2.05) is 30.3 Å². The summed E-state index contributed by atoms with van der Waals surface area (Å²) >= 11 is 0. The Kier molecular flexibility index (Phi) is 5.48. The van der Waals surface area contributed by atoms with Crippen molar-refractivity contribution < 1.29 is 19.1 Å². The minimum absolute atomic E-state index is 0.0928. The van der Waals surface area contributed by atoms with Gasteiger partial charge in [0, 0.05) is 30.1 Å². The summed E-state index contributed by atoms with van der Waals surface area (Å²) in [6.45, 7) is 4.76. The highest BCUT2D eigenvalue weighted by atomic mass is 16.6. The lowest BCUT2D eigenvalue weighted by Gasteiger charge is -2.32. The second-order valence-corrected chi connectivity index (χ2v) is 7.83. The molecule has 1 unspecified atom stereocenters. The molecule has 2 aromatic carbocycles. The van der Waals surface area contributed by atoms with Crippen LogP contribution in [0.25, 0.3) is 11.0 Å². The lowest BCUT2D eigenvalue weighted by molar-refractivity contribution is 0.0843. The van der Waals surface area contributed by atoms with E-state index in [0.29, 0.717) is 40.9 Å². The van der Waals surface area contributed by atoms with Gasteiger partial charge in [0.2, 0.25) is 0 Å². The van der Waals surface area contributed by atoms with Gasteiger partial charge in [0.05, 0.1) is 5.39 Å². The number of aryl methyl sites for hydroxylation is 1. The normalized spacial score (nSPS) is 16.6. The Bertz CT molecular complexity index is 1140. The molecule has 6 heteroatoms. The number of phenols is 1. The van der Waals surface area contributed by atoms with Crippen LogP contribution in [0.4, 0.5) is 4.79 Å². The van der Waals surface area contributed by atoms with Gasteiger partial charge in [0.25, 0.3) is 0 Å². The molecule has 1 saturated heterocycles. The summed E-state index contributed by atoms with van der Waals surface area (Å²) in [5.41, 5.74) is 2.34. The number of phenolic OH excluding ortho intramolecular Hbond substituents is 1. The lowest BCUT2D eigenvalue weighted by atomic mass is 9.92. The zero-order valence-electron chi connectivity index (χ0n) is 17.2. The third-order valence-electron chi connectivity index (χ3n) is 5.80. The number of aromatic hydroxyl groups is 1. The van der Waals surface area contributed by atoms with Gasteiger partial charge in [-0.15, -0.1) is 0 Å². The van der Waals surface area contributed by atoms with Crippen LogP contribution in [0.5, 0.6) is 5.75 Å². The molecule has 1 aliphatic heterocycles. The monoisotopic (exact) mass is 407 g/mol. The Labute approximate surface area is 174 Å². The number of amides is 1. The van der Waals surface area contributed by atoms with E-state index in [9.17, 15) is 14.7 Å². The maximum absolute atomic E-state index is 12.9. The molecule has 3 aromatic rings. The first-order chi connectivity index (χ1) is 14.5. The van der Waals surface area contributed by atoms with Crippen molar-refractivity contribution in [3.8, 4) is 5.75 Å². The highest BCUT2D eigenvalue weighted by Crippen LogP contribution is 2.33. The fourth-order valence-electron chi connectivity index (χ4n) is 4.05. The third kappa shape index (κ3) is 3.77. The maximum atomic E-state index is 12.9. The predicted octanol–water partition coefficient (Wildman–Crippen LogP) is 4.63. The van der Waals surface area contributed by atoms with Crippen LogP contribution in [0.15, 0.2) is 51.7 Å². The van der Waals surface area contributed by atoms with E-state index in [1.54, 1.807) is 24.8 Å². The number of ether oxygens (including phenoxy) is 1. The van der Waals surface area contributed by atoms with Gasteiger partial charge in [-0.05, 0) is 44.4 Å². The first kappa shape index (κ1) is 20.0.